The van der Waals surface area contributed by atoms with Crippen LogP contribution in [0.4, 0.5) is 0 Å². The van der Waals surface area contributed by atoms with E-state index in [1.165, 1.54) is 0 Å². The average molecular weight is 354 g/mol. The number of benzene rings is 2. The maximum Gasteiger partial charge on any atom is 0.253 e. The molecule has 0 aliphatic rings. The molecule has 2 amide bonds. The molecule has 0 unspecified atom stereocenters. The van der Waals surface area contributed by atoms with E-state index in [0.717, 1.165) is 5.39 Å². The van der Waals surface area contributed by atoms with Gasteiger partial charge in [-0.25, -0.2) is 0 Å². The van der Waals surface area contributed by atoms with Gasteiger partial charge in [-0.3, -0.25) is 14.6 Å². The number of carbonyl (C=O) groups is 2. The molecule has 0 radical (unpaired) electrons. The van der Waals surface area contributed by atoms with Crippen LogP contribution >= 0.6 is 11.6 Å². The second-order valence-electron chi connectivity index (χ2n) is 5.40. The number of hydrogen-bond acceptors (Lipinski definition) is 3. The van der Waals surface area contributed by atoms with Crippen molar-refractivity contribution in [2.45, 2.75) is 0 Å². The van der Waals surface area contributed by atoms with Crippen molar-refractivity contribution in [3.8, 4) is 0 Å². The maximum absolute atomic E-state index is 12.3. The number of aromatic nitrogens is 1. The van der Waals surface area contributed by atoms with Crippen molar-refractivity contribution in [1.82, 2.24) is 15.6 Å². The third kappa shape index (κ3) is 4.14. The monoisotopic (exact) mass is 353 g/mol. The standard InChI is InChI=1S/C19H16ClN3O2/c20-15-8-6-14(7-9-15)18(24)22-11-12-23-19(25)16-5-1-3-13-4-2-10-21-17(13)16/h1-10H,11-12H2,(H,22,24)(H,23,25). The fraction of sp³-hybridized carbons (Fsp3) is 0.105. The third-order valence-corrected chi connectivity index (χ3v) is 3.93. The van der Waals surface area contributed by atoms with Gasteiger partial charge in [-0.2, -0.15) is 0 Å². The molecule has 5 nitrogen and oxygen atoms in total. The summed E-state index contributed by atoms with van der Waals surface area (Å²) in [6.45, 7) is 0.646. The molecular formula is C19H16ClN3O2. The van der Waals surface area contributed by atoms with E-state index in [9.17, 15) is 9.59 Å². The van der Waals surface area contributed by atoms with Crippen molar-refractivity contribution in [3.63, 3.8) is 0 Å². The van der Waals surface area contributed by atoms with Gasteiger partial charge in [0.15, 0.2) is 0 Å². The molecule has 0 fully saturated rings. The van der Waals surface area contributed by atoms with E-state index in [0.29, 0.717) is 34.8 Å². The normalized spacial score (nSPS) is 10.4. The fourth-order valence-corrected chi connectivity index (χ4v) is 2.56. The zero-order chi connectivity index (χ0) is 17.6. The Bertz CT molecular complexity index is 905. The minimum atomic E-state index is -0.218. The van der Waals surface area contributed by atoms with E-state index in [4.69, 9.17) is 11.6 Å². The van der Waals surface area contributed by atoms with Gasteiger partial charge in [-0.05, 0) is 36.4 Å². The first-order valence-electron chi connectivity index (χ1n) is 7.81. The molecule has 0 saturated heterocycles. The van der Waals surface area contributed by atoms with Crippen LogP contribution in [0.15, 0.2) is 60.8 Å². The summed E-state index contributed by atoms with van der Waals surface area (Å²) in [5, 5.41) is 7.03. The summed E-state index contributed by atoms with van der Waals surface area (Å²) < 4.78 is 0. The van der Waals surface area contributed by atoms with Crippen LogP contribution in [0.2, 0.25) is 5.02 Å². The van der Waals surface area contributed by atoms with Gasteiger partial charge in [-0.15, -0.1) is 0 Å². The molecule has 0 bridgehead atoms. The number of nitrogens with one attached hydrogen (secondary N) is 2. The fourth-order valence-electron chi connectivity index (χ4n) is 2.44. The molecule has 1 heterocycles. The molecule has 25 heavy (non-hydrogen) atoms. The van der Waals surface area contributed by atoms with Gasteiger partial charge >= 0.3 is 0 Å². The first kappa shape index (κ1) is 16.9. The number of halogens is 1. The topological polar surface area (TPSA) is 71.1 Å². The number of amides is 2. The Morgan fingerprint density at radius 3 is 2.32 bits per heavy atom. The van der Waals surface area contributed by atoms with Crippen LogP contribution in [0.3, 0.4) is 0 Å². The minimum absolute atomic E-state index is 0.210. The number of pyridine rings is 1. The zero-order valence-corrected chi connectivity index (χ0v) is 14.1. The average Bonchev–Trinajstić information content (AvgIpc) is 2.65. The molecule has 3 rings (SSSR count). The zero-order valence-electron chi connectivity index (χ0n) is 13.3. The van der Waals surface area contributed by atoms with Crippen LogP contribution in [0.25, 0.3) is 10.9 Å². The first-order valence-corrected chi connectivity index (χ1v) is 8.18. The van der Waals surface area contributed by atoms with Crippen LogP contribution in [0, 0.1) is 0 Å². The van der Waals surface area contributed by atoms with Gasteiger partial charge in [0.2, 0.25) is 0 Å². The van der Waals surface area contributed by atoms with Gasteiger partial charge in [0.25, 0.3) is 11.8 Å². The van der Waals surface area contributed by atoms with Gasteiger partial charge in [0, 0.05) is 35.3 Å². The first-order chi connectivity index (χ1) is 12.1. The molecule has 2 N–H and O–H groups in total. The summed E-state index contributed by atoms with van der Waals surface area (Å²) in [7, 11) is 0. The van der Waals surface area contributed by atoms with Crippen molar-refractivity contribution < 1.29 is 9.59 Å². The molecule has 6 heteroatoms. The van der Waals surface area contributed by atoms with Crippen LogP contribution < -0.4 is 10.6 Å². The second kappa shape index (κ2) is 7.77. The third-order valence-electron chi connectivity index (χ3n) is 3.68. The summed E-state index contributed by atoms with van der Waals surface area (Å²) >= 11 is 5.79. The number of para-hydroxylation sites is 1. The van der Waals surface area contributed by atoms with Crippen LogP contribution in [0.5, 0.6) is 0 Å². The Balaban J connectivity index is 1.54. The smallest absolute Gasteiger partial charge is 0.253 e. The summed E-state index contributed by atoms with van der Waals surface area (Å²) in [5.41, 5.74) is 1.70. The molecule has 3 aromatic rings. The highest BCUT2D eigenvalue weighted by molar-refractivity contribution is 6.30. The molecule has 0 spiro atoms. The van der Waals surface area contributed by atoms with Crippen LogP contribution in [-0.2, 0) is 0 Å². The Hall–Kier alpha value is -2.92. The number of nitrogens with zero attached hydrogens (tertiary/aromatic N) is 1. The molecule has 0 aliphatic heterocycles. The summed E-state index contributed by atoms with van der Waals surface area (Å²) in [5.74, 6) is -0.428. The predicted octanol–water partition coefficient (Wildman–Crippen LogP) is 3.05. The Morgan fingerprint density at radius 2 is 1.56 bits per heavy atom. The number of hydrogen-bond donors (Lipinski definition) is 2. The molecule has 1 aromatic heterocycles. The molecule has 2 aromatic carbocycles. The van der Waals surface area contributed by atoms with Crippen LogP contribution in [0.1, 0.15) is 20.7 Å². The van der Waals surface area contributed by atoms with Gasteiger partial charge in [0.1, 0.15) is 0 Å². The summed E-state index contributed by atoms with van der Waals surface area (Å²) in [6, 6.07) is 15.8. The van der Waals surface area contributed by atoms with E-state index >= 15 is 0 Å². The highest BCUT2D eigenvalue weighted by Gasteiger charge is 2.10. The highest BCUT2D eigenvalue weighted by Crippen LogP contribution is 2.15. The van der Waals surface area contributed by atoms with Gasteiger partial charge in [0.05, 0.1) is 11.1 Å². The highest BCUT2D eigenvalue weighted by atomic mass is 35.5. The van der Waals surface area contributed by atoms with Crippen molar-refractivity contribution in [1.29, 1.82) is 0 Å². The molecule has 126 valence electrons. The molecule has 0 saturated carbocycles. The SMILES string of the molecule is O=C(NCCNC(=O)c1cccc2cccnc12)c1ccc(Cl)cc1. The lowest BCUT2D eigenvalue weighted by atomic mass is 10.1. The van der Waals surface area contributed by atoms with Crippen LogP contribution in [-0.4, -0.2) is 29.9 Å². The maximum atomic E-state index is 12.3. The Kier molecular flexibility index (Phi) is 5.26. The lowest BCUT2D eigenvalue weighted by molar-refractivity contribution is 0.0928. The van der Waals surface area contributed by atoms with E-state index < -0.39 is 0 Å². The largest absolute Gasteiger partial charge is 0.350 e. The van der Waals surface area contributed by atoms with E-state index in [2.05, 4.69) is 15.6 Å². The lowest BCUT2D eigenvalue weighted by Crippen LogP contribution is -2.34. The van der Waals surface area contributed by atoms with Crippen molar-refractivity contribution in [2.75, 3.05) is 13.1 Å². The quantitative estimate of drug-likeness (QED) is 0.692. The molecular weight excluding hydrogens is 338 g/mol. The minimum Gasteiger partial charge on any atom is -0.350 e. The second-order valence-corrected chi connectivity index (χ2v) is 5.84. The number of carbonyl (C=O) groups excluding carboxylic acids is 2. The summed E-state index contributed by atoms with van der Waals surface area (Å²) in [4.78, 5) is 28.6. The van der Waals surface area contributed by atoms with Crippen molar-refractivity contribution in [3.05, 3.63) is 76.9 Å². The Labute approximate surface area is 150 Å². The Morgan fingerprint density at radius 1 is 0.880 bits per heavy atom. The van der Waals surface area contributed by atoms with Gasteiger partial charge in [-0.1, -0.05) is 29.8 Å². The van der Waals surface area contributed by atoms with E-state index in [1.54, 1.807) is 36.5 Å². The van der Waals surface area contributed by atoms with E-state index in [1.807, 2.05) is 24.3 Å². The summed E-state index contributed by atoms with van der Waals surface area (Å²) in [6.07, 6.45) is 1.66. The number of fused-ring (bicyclic) bond motifs is 1. The van der Waals surface area contributed by atoms with E-state index in [-0.39, 0.29) is 11.8 Å². The van der Waals surface area contributed by atoms with Crippen molar-refractivity contribution >= 4 is 34.3 Å². The molecule has 0 aliphatic carbocycles. The van der Waals surface area contributed by atoms with Crippen molar-refractivity contribution in [2.24, 2.45) is 0 Å². The van der Waals surface area contributed by atoms with Gasteiger partial charge < -0.3 is 10.6 Å². The lowest BCUT2D eigenvalue weighted by Gasteiger charge is -2.09. The predicted molar refractivity (Wildman–Crippen MR) is 97.9 cm³/mol. The number of rotatable bonds is 5. The molecule has 0 atom stereocenters.